The molecule has 1 saturated carbocycles. The van der Waals surface area contributed by atoms with Gasteiger partial charge in [-0.15, -0.1) is 0 Å². The number of esters is 2. The molecular formula is C23H24O8. The van der Waals surface area contributed by atoms with Crippen molar-refractivity contribution >= 4 is 23.5 Å². The molecule has 164 valence electrons. The lowest BCUT2D eigenvalue weighted by atomic mass is 9.54. The second-order valence-electron chi connectivity index (χ2n) is 9.30. The van der Waals surface area contributed by atoms with E-state index in [0.717, 1.165) is 0 Å². The van der Waals surface area contributed by atoms with Crippen molar-refractivity contribution in [1.82, 2.24) is 0 Å². The van der Waals surface area contributed by atoms with E-state index in [0.29, 0.717) is 29.6 Å². The number of carbonyl (C=O) groups is 4. The molecule has 3 aliphatic carbocycles. The topological polar surface area (TPSA) is 109 Å². The average Bonchev–Trinajstić information content (AvgIpc) is 3.27. The molecule has 1 fully saturated rings. The van der Waals surface area contributed by atoms with Gasteiger partial charge in [0.05, 0.1) is 12.0 Å². The van der Waals surface area contributed by atoms with Crippen LogP contribution in [-0.4, -0.2) is 49.4 Å². The highest BCUT2D eigenvalue weighted by Crippen LogP contribution is 2.61. The molecule has 2 heterocycles. The molecule has 8 nitrogen and oxygen atoms in total. The van der Waals surface area contributed by atoms with Crippen molar-refractivity contribution in [2.45, 2.75) is 57.7 Å². The van der Waals surface area contributed by atoms with E-state index in [1.807, 2.05) is 13.8 Å². The lowest BCUT2D eigenvalue weighted by Gasteiger charge is -2.51. The number of Topliss-reactive ketones (excluding diaryl/α,β-unsaturated/α-hetero) is 2. The van der Waals surface area contributed by atoms with Gasteiger partial charge in [-0.3, -0.25) is 14.4 Å². The Kier molecular flexibility index (Phi) is 4.16. The fraction of sp³-hybridized carbons (Fsp3) is 0.565. The quantitative estimate of drug-likeness (QED) is 0.676. The van der Waals surface area contributed by atoms with Crippen molar-refractivity contribution in [2.75, 3.05) is 13.7 Å². The van der Waals surface area contributed by atoms with Crippen molar-refractivity contribution in [3.05, 3.63) is 34.3 Å². The van der Waals surface area contributed by atoms with Gasteiger partial charge in [0.1, 0.15) is 29.8 Å². The number of carbonyl (C=O) groups excluding carboxylic acids is 4. The minimum Gasteiger partial charge on any atom is -0.460 e. The molecule has 1 aromatic rings. The molecule has 0 spiro atoms. The third-order valence-electron chi connectivity index (χ3n) is 7.70. The maximum Gasteiger partial charge on any atom is 0.342 e. The van der Waals surface area contributed by atoms with Crippen molar-refractivity contribution in [3.63, 3.8) is 0 Å². The number of methoxy groups -OCH3 is 1. The minimum absolute atomic E-state index is 0.0635. The Hall–Kier alpha value is -2.74. The molecule has 1 aliphatic heterocycles. The normalized spacial score (nSPS) is 36.0. The van der Waals surface area contributed by atoms with E-state index in [1.165, 1.54) is 20.3 Å². The Morgan fingerprint density at radius 1 is 1.26 bits per heavy atom. The van der Waals surface area contributed by atoms with Crippen molar-refractivity contribution in [2.24, 2.45) is 11.3 Å². The number of ether oxygens (including phenoxy) is 3. The van der Waals surface area contributed by atoms with Crippen molar-refractivity contribution in [3.8, 4) is 0 Å². The number of cyclic esters (lactones) is 1. The minimum atomic E-state index is -0.988. The molecule has 0 amide bonds. The van der Waals surface area contributed by atoms with Gasteiger partial charge < -0.3 is 18.6 Å². The molecule has 5 atom stereocenters. The van der Waals surface area contributed by atoms with E-state index in [1.54, 1.807) is 0 Å². The predicted molar refractivity (Wildman–Crippen MR) is 105 cm³/mol. The van der Waals surface area contributed by atoms with E-state index in [-0.39, 0.29) is 41.8 Å². The number of fused-ring (bicyclic) bond motifs is 3. The van der Waals surface area contributed by atoms with Gasteiger partial charge in [0.15, 0.2) is 5.76 Å². The summed E-state index contributed by atoms with van der Waals surface area (Å²) < 4.78 is 22.4. The molecule has 5 rings (SSSR count). The molecule has 0 N–H and O–H groups in total. The zero-order chi connectivity index (χ0) is 22.3. The Morgan fingerprint density at radius 2 is 2.00 bits per heavy atom. The first-order chi connectivity index (χ1) is 14.6. The smallest absolute Gasteiger partial charge is 0.342 e. The van der Waals surface area contributed by atoms with Gasteiger partial charge >= 0.3 is 11.9 Å². The first-order valence-corrected chi connectivity index (χ1v) is 10.5. The molecule has 0 saturated heterocycles. The molecule has 0 aromatic carbocycles. The van der Waals surface area contributed by atoms with Crippen LogP contribution in [0.15, 0.2) is 21.8 Å². The zero-order valence-electron chi connectivity index (χ0n) is 17.9. The van der Waals surface area contributed by atoms with E-state index >= 15 is 0 Å². The third kappa shape index (κ3) is 2.39. The van der Waals surface area contributed by atoms with Crippen LogP contribution in [0, 0.1) is 11.3 Å². The number of furan rings is 1. The maximum atomic E-state index is 13.7. The van der Waals surface area contributed by atoms with Crippen LogP contribution in [0.25, 0.3) is 0 Å². The third-order valence-corrected chi connectivity index (χ3v) is 7.70. The lowest BCUT2D eigenvalue weighted by molar-refractivity contribution is -0.149. The number of ketones is 2. The summed E-state index contributed by atoms with van der Waals surface area (Å²) in [6.07, 6.45) is 0.906. The zero-order valence-corrected chi connectivity index (χ0v) is 17.9. The van der Waals surface area contributed by atoms with Gasteiger partial charge in [0.25, 0.3) is 0 Å². The molecule has 0 radical (unpaired) electrons. The first kappa shape index (κ1) is 20.2. The summed E-state index contributed by atoms with van der Waals surface area (Å²) in [4.78, 5) is 51.2. The van der Waals surface area contributed by atoms with Crippen LogP contribution in [0.1, 0.15) is 66.5 Å². The largest absolute Gasteiger partial charge is 0.460 e. The Labute approximate surface area is 178 Å². The molecule has 4 aliphatic rings. The number of rotatable bonds is 3. The second kappa shape index (κ2) is 6.38. The highest BCUT2D eigenvalue weighted by Gasteiger charge is 2.64. The monoisotopic (exact) mass is 428 g/mol. The molecule has 8 heteroatoms. The summed E-state index contributed by atoms with van der Waals surface area (Å²) in [5, 5.41) is 0. The highest BCUT2D eigenvalue weighted by atomic mass is 16.6. The summed E-state index contributed by atoms with van der Waals surface area (Å²) in [6.45, 7) is 5.11. The van der Waals surface area contributed by atoms with Gasteiger partial charge in [-0.25, -0.2) is 4.79 Å². The van der Waals surface area contributed by atoms with Crippen molar-refractivity contribution < 1.29 is 37.8 Å². The molecular weight excluding hydrogens is 404 g/mol. The Morgan fingerprint density at radius 3 is 2.68 bits per heavy atom. The fourth-order valence-corrected chi connectivity index (χ4v) is 6.28. The Balaban J connectivity index is 1.82. The summed E-state index contributed by atoms with van der Waals surface area (Å²) in [6, 6.07) is 0. The van der Waals surface area contributed by atoms with Crippen LogP contribution >= 0.6 is 0 Å². The average molecular weight is 428 g/mol. The van der Waals surface area contributed by atoms with Crippen LogP contribution in [0.2, 0.25) is 0 Å². The molecule has 0 unspecified atom stereocenters. The SMILES string of the molecule is COC[C@H]1OC(=O)c2coc3c2[C@]1(C)C1=C(C3=O)[C@@H]2CCC(=O)[C@]2(C)C[C@@H]1OC(C)=O. The summed E-state index contributed by atoms with van der Waals surface area (Å²) in [5.41, 5.74) is -0.0741. The molecule has 1 aromatic heterocycles. The Bertz CT molecular complexity index is 1080. The van der Waals surface area contributed by atoms with E-state index in [2.05, 4.69) is 0 Å². The number of allylic oxidation sites excluding steroid dienone is 1. The first-order valence-electron chi connectivity index (χ1n) is 10.5. The van der Waals surface area contributed by atoms with E-state index in [9.17, 15) is 19.2 Å². The molecule has 31 heavy (non-hydrogen) atoms. The van der Waals surface area contributed by atoms with Gasteiger partial charge in [-0.2, -0.15) is 0 Å². The van der Waals surface area contributed by atoms with Gasteiger partial charge in [-0.1, -0.05) is 6.92 Å². The summed E-state index contributed by atoms with van der Waals surface area (Å²) in [7, 11) is 1.50. The lowest BCUT2D eigenvalue weighted by Crippen LogP contribution is -2.57. The van der Waals surface area contributed by atoms with Crippen LogP contribution in [0.3, 0.4) is 0 Å². The maximum absolute atomic E-state index is 13.7. The van der Waals surface area contributed by atoms with E-state index < -0.39 is 35.0 Å². The van der Waals surface area contributed by atoms with Crippen LogP contribution in [0.4, 0.5) is 0 Å². The predicted octanol–water partition coefficient (Wildman–Crippen LogP) is 2.54. The highest BCUT2D eigenvalue weighted by molar-refractivity contribution is 6.14. The van der Waals surface area contributed by atoms with Gasteiger partial charge in [0.2, 0.25) is 5.78 Å². The van der Waals surface area contributed by atoms with Crippen LogP contribution < -0.4 is 0 Å². The van der Waals surface area contributed by atoms with Gasteiger partial charge in [0, 0.05) is 49.3 Å². The van der Waals surface area contributed by atoms with Gasteiger partial charge in [-0.05, 0) is 18.9 Å². The summed E-state index contributed by atoms with van der Waals surface area (Å²) in [5.74, 6) is -1.58. The number of hydrogen-bond donors (Lipinski definition) is 0. The second-order valence-corrected chi connectivity index (χ2v) is 9.30. The standard InChI is InChI=1S/C23H24O8/c1-10(24)30-13-7-22(2)12(5-6-14(22)25)16-18(13)23(3)15(9-28-4)31-21(27)11-8-29-20(17(11)23)19(16)26/h8,12-13,15H,5-7,9H2,1-4H3/t12-,13-,15+,22+,23+/m0/s1. The summed E-state index contributed by atoms with van der Waals surface area (Å²) >= 11 is 0. The van der Waals surface area contributed by atoms with Crippen LogP contribution in [0.5, 0.6) is 0 Å². The van der Waals surface area contributed by atoms with Crippen molar-refractivity contribution in [1.29, 1.82) is 0 Å². The van der Waals surface area contributed by atoms with E-state index in [4.69, 9.17) is 18.6 Å². The molecule has 0 bridgehead atoms. The fourth-order valence-electron chi connectivity index (χ4n) is 6.28. The van der Waals surface area contributed by atoms with Crippen LogP contribution in [-0.2, 0) is 29.2 Å². The number of hydrogen-bond acceptors (Lipinski definition) is 8.